The Labute approximate surface area is 103 Å². The Morgan fingerprint density at radius 1 is 1.41 bits per heavy atom. The van der Waals surface area contributed by atoms with Gasteiger partial charge in [-0.1, -0.05) is 24.3 Å². The minimum atomic E-state index is -0.506. The Morgan fingerprint density at radius 2 is 2.06 bits per heavy atom. The zero-order valence-electron chi connectivity index (χ0n) is 10.6. The molecule has 1 unspecified atom stereocenters. The van der Waals surface area contributed by atoms with Gasteiger partial charge in [0.25, 0.3) is 0 Å². The molecule has 17 heavy (non-hydrogen) atoms. The van der Waals surface area contributed by atoms with Gasteiger partial charge in [-0.15, -0.1) is 6.58 Å². The van der Waals surface area contributed by atoms with Crippen LogP contribution in [0.5, 0.6) is 5.75 Å². The molecule has 1 rings (SSSR count). The average Bonchev–Trinajstić information content (AvgIpc) is 2.29. The van der Waals surface area contributed by atoms with Crippen LogP contribution >= 0.6 is 0 Å². The van der Waals surface area contributed by atoms with Crippen molar-refractivity contribution in [1.29, 1.82) is 0 Å². The molecule has 2 N–H and O–H groups in total. The number of para-hydroxylation sites is 1. The minimum Gasteiger partial charge on any atom is -0.490 e. The molecule has 1 atom stereocenters. The van der Waals surface area contributed by atoms with Crippen LogP contribution < -0.4 is 10.1 Å². The van der Waals surface area contributed by atoms with E-state index >= 15 is 0 Å². The van der Waals surface area contributed by atoms with E-state index in [9.17, 15) is 5.11 Å². The Bertz CT molecular complexity index is 343. The molecule has 0 aromatic heterocycles. The number of benzene rings is 1. The highest BCUT2D eigenvalue weighted by Crippen LogP contribution is 2.22. The topological polar surface area (TPSA) is 41.5 Å². The molecule has 0 amide bonds. The highest BCUT2D eigenvalue weighted by Gasteiger charge is 2.07. The van der Waals surface area contributed by atoms with Crippen LogP contribution in [0.3, 0.4) is 0 Å². The standard InChI is InChI=1S/C14H21NO2/c1-4-8-15-9-13(16)10-17-14-11(2)6-5-7-12(14)3/h4-7,13,15-16H,1,8-10H2,2-3H3. The summed E-state index contributed by atoms with van der Waals surface area (Å²) in [5, 5.41) is 12.7. The van der Waals surface area contributed by atoms with Crippen molar-refractivity contribution in [3.63, 3.8) is 0 Å². The van der Waals surface area contributed by atoms with Crippen molar-refractivity contribution in [2.24, 2.45) is 0 Å². The SMILES string of the molecule is C=CCNCC(O)COc1c(C)cccc1C. The first-order chi connectivity index (χ1) is 8.15. The fourth-order valence-corrected chi connectivity index (χ4v) is 1.62. The van der Waals surface area contributed by atoms with E-state index in [1.165, 1.54) is 0 Å². The normalized spacial score (nSPS) is 12.2. The average molecular weight is 235 g/mol. The van der Waals surface area contributed by atoms with Crippen molar-refractivity contribution >= 4 is 0 Å². The number of nitrogens with one attached hydrogen (secondary N) is 1. The van der Waals surface area contributed by atoms with E-state index in [-0.39, 0.29) is 0 Å². The summed E-state index contributed by atoms with van der Waals surface area (Å²) in [6.45, 7) is 9.12. The Kier molecular flexibility index (Phi) is 5.73. The molecule has 0 bridgehead atoms. The maximum absolute atomic E-state index is 9.70. The molecule has 1 aromatic rings. The molecule has 0 radical (unpaired) electrons. The van der Waals surface area contributed by atoms with Crippen LogP contribution in [0.15, 0.2) is 30.9 Å². The molecule has 3 nitrogen and oxygen atoms in total. The molecule has 0 heterocycles. The molecule has 1 aromatic carbocycles. The second-order valence-electron chi connectivity index (χ2n) is 4.13. The number of rotatable bonds is 7. The molecule has 94 valence electrons. The van der Waals surface area contributed by atoms with Gasteiger partial charge in [0.1, 0.15) is 18.5 Å². The van der Waals surface area contributed by atoms with E-state index in [1.807, 2.05) is 32.0 Å². The predicted octanol–water partition coefficient (Wildman–Crippen LogP) is 1.82. The van der Waals surface area contributed by atoms with Crippen molar-refractivity contribution in [1.82, 2.24) is 5.32 Å². The van der Waals surface area contributed by atoms with Gasteiger partial charge in [0, 0.05) is 13.1 Å². The van der Waals surface area contributed by atoms with Gasteiger partial charge in [-0.05, 0) is 25.0 Å². The monoisotopic (exact) mass is 235 g/mol. The third kappa shape index (κ3) is 4.59. The number of aryl methyl sites for hydroxylation is 2. The summed E-state index contributed by atoms with van der Waals surface area (Å²) in [7, 11) is 0. The molecule has 0 aliphatic heterocycles. The Hall–Kier alpha value is -1.32. The third-order valence-corrected chi connectivity index (χ3v) is 2.50. The van der Waals surface area contributed by atoms with Crippen LogP contribution in [0.25, 0.3) is 0 Å². The number of hydrogen-bond acceptors (Lipinski definition) is 3. The molecular weight excluding hydrogens is 214 g/mol. The van der Waals surface area contributed by atoms with Gasteiger partial charge >= 0.3 is 0 Å². The van der Waals surface area contributed by atoms with Crippen LogP contribution in [0.4, 0.5) is 0 Å². The van der Waals surface area contributed by atoms with Gasteiger partial charge in [0.15, 0.2) is 0 Å². The summed E-state index contributed by atoms with van der Waals surface area (Å²) >= 11 is 0. The Balaban J connectivity index is 2.41. The molecule has 0 aliphatic carbocycles. The van der Waals surface area contributed by atoms with Gasteiger partial charge in [0.2, 0.25) is 0 Å². The number of aliphatic hydroxyl groups excluding tert-OH is 1. The minimum absolute atomic E-state index is 0.301. The van der Waals surface area contributed by atoms with Crippen LogP contribution in [-0.2, 0) is 0 Å². The fourth-order valence-electron chi connectivity index (χ4n) is 1.62. The lowest BCUT2D eigenvalue weighted by atomic mass is 10.1. The van der Waals surface area contributed by atoms with E-state index in [2.05, 4.69) is 11.9 Å². The maximum Gasteiger partial charge on any atom is 0.125 e. The van der Waals surface area contributed by atoms with E-state index < -0.39 is 6.10 Å². The maximum atomic E-state index is 9.70. The summed E-state index contributed by atoms with van der Waals surface area (Å²) in [4.78, 5) is 0. The number of aliphatic hydroxyl groups is 1. The van der Waals surface area contributed by atoms with Gasteiger partial charge in [-0.2, -0.15) is 0 Å². The molecular formula is C14H21NO2. The second-order valence-corrected chi connectivity index (χ2v) is 4.13. The first-order valence-electron chi connectivity index (χ1n) is 5.84. The first-order valence-corrected chi connectivity index (χ1v) is 5.84. The zero-order valence-corrected chi connectivity index (χ0v) is 10.6. The largest absolute Gasteiger partial charge is 0.490 e. The molecule has 0 saturated carbocycles. The van der Waals surface area contributed by atoms with Crippen molar-refractivity contribution < 1.29 is 9.84 Å². The van der Waals surface area contributed by atoms with Gasteiger partial charge in [0.05, 0.1) is 0 Å². The second kappa shape index (κ2) is 7.09. The highest BCUT2D eigenvalue weighted by atomic mass is 16.5. The van der Waals surface area contributed by atoms with Crippen LogP contribution in [0.2, 0.25) is 0 Å². The summed E-state index contributed by atoms with van der Waals surface area (Å²) < 4.78 is 5.64. The summed E-state index contributed by atoms with van der Waals surface area (Å²) in [6, 6.07) is 6.01. The van der Waals surface area contributed by atoms with Gasteiger partial charge in [-0.3, -0.25) is 0 Å². The predicted molar refractivity (Wildman–Crippen MR) is 70.5 cm³/mol. The van der Waals surface area contributed by atoms with Crippen LogP contribution in [-0.4, -0.2) is 30.9 Å². The summed E-state index contributed by atoms with van der Waals surface area (Å²) in [5.74, 6) is 0.871. The first kappa shape index (κ1) is 13.7. The fraction of sp³-hybridized carbons (Fsp3) is 0.429. The molecule has 0 fully saturated rings. The highest BCUT2D eigenvalue weighted by molar-refractivity contribution is 5.39. The summed E-state index contributed by atoms with van der Waals surface area (Å²) in [5.41, 5.74) is 2.19. The lowest BCUT2D eigenvalue weighted by Gasteiger charge is -2.15. The lowest BCUT2D eigenvalue weighted by molar-refractivity contribution is 0.106. The van der Waals surface area contributed by atoms with Crippen molar-refractivity contribution in [2.45, 2.75) is 20.0 Å². The third-order valence-electron chi connectivity index (χ3n) is 2.50. The lowest BCUT2D eigenvalue weighted by Crippen LogP contribution is -2.31. The van der Waals surface area contributed by atoms with E-state index in [1.54, 1.807) is 6.08 Å². The molecule has 3 heteroatoms. The van der Waals surface area contributed by atoms with Crippen molar-refractivity contribution in [3.05, 3.63) is 42.0 Å². The quantitative estimate of drug-likeness (QED) is 0.559. The molecule has 0 aliphatic rings. The number of hydrogen-bond donors (Lipinski definition) is 2. The van der Waals surface area contributed by atoms with Gasteiger partial charge in [-0.25, -0.2) is 0 Å². The van der Waals surface area contributed by atoms with E-state index in [4.69, 9.17) is 4.74 Å². The number of ether oxygens (including phenoxy) is 1. The zero-order chi connectivity index (χ0) is 12.7. The van der Waals surface area contributed by atoms with Gasteiger partial charge < -0.3 is 15.2 Å². The molecule has 0 spiro atoms. The van der Waals surface area contributed by atoms with Crippen molar-refractivity contribution in [2.75, 3.05) is 19.7 Å². The Morgan fingerprint density at radius 3 is 2.65 bits per heavy atom. The van der Waals surface area contributed by atoms with Crippen LogP contribution in [0, 0.1) is 13.8 Å². The van der Waals surface area contributed by atoms with E-state index in [0.717, 1.165) is 16.9 Å². The van der Waals surface area contributed by atoms with Crippen molar-refractivity contribution in [3.8, 4) is 5.75 Å². The smallest absolute Gasteiger partial charge is 0.125 e. The summed E-state index contributed by atoms with van der Waals surface area (Å²) in [6.07, 6.45) is 1.26. The van der Waals surface area contributed by atoms with E-state index in [0.29, 0.717) is 19.7 Å². The molecule has 0 saturated heterocycles. The van der Waals surface area contributed by atoms with Crippen LogP contribution in [0.1, 0.15) is 11.1 Å².